The van der Waals surface area contributed by atoms with Crippen LogP contribution in [-0.4, -0.2) is 18.1 Å². The maximum atomic E-state index is 12.5. The van der Waals surface area contributed by atoms with Crippen molar-refractivity contribution in [2.75, 3.05) is 6.61 Å². The summed E-state index contributed by atoms with van der Waals surface area (Å²) in [6.45, 7) is 5.25. The molecule has 0 spiro atoms. The second-order valence-corrected chi connectivity index (χ2v) is 9.40. The van der Waals surface area contributed by atoms with Crippen molar-refractivity contribution in [1.29, 1.82) is 0 Å². The summed E-state index contributed by atoms with van der Waals surface area (Å²) in [7, 11) is 0. The number of carbonyl (C=O) groups is 1. The van der Waals surface area contributed by atoms with Gasteiger partial charge in [-0.05, 0) is 19.3 Å². The van der Waals surface area contributed by atoms with Crippen molar-refractivity contribution < 1.29 is 9.53 Å². The third-order valence-electron chi connectivity index (χ3n) is 5.68. The average molecular weight is 420 g/mol. The van der Waals surface area contributed by atoms with Gasteiger partial charge in [0.25, 0.3) is 0 Å². The zero-order chi connectivity index (χ0) is 20.7. The number of hydrogen-bond donors (Lipinski definition) is 0. The molecule has 1 aliphatic rings. The maximum Gasteiger partial charge on any atom is 0.176 e. The molecule has 0 aliphatic carbocycles. The van der Waals surface area contributed by atoms with Gasteiger partial charge >= 0.3 is 0 Å². The van der Waals surface area contributed by atoms with Gasteiger partial charge in [0.1, 0.15) is 5.00 Å². The smallest absolute Gasteiger partial charge is 0.176 e. The Kier molecular flexibility index (Phi) is 12.3. The number of fused-ring (bicyclic) bond motifs is 1. The van der Waals surface area contributed by atoms with E-state index in [1.807, 2.05) is 6.07 Å². The molecule has 2 heterocycles. The van der Waals surface area contributed by atoms with Gasteiger partial charge in [0, 0.05) is 18.2 Å². The van der Waals surface area contributed by atoms with E-state index in [1.165, 1.54) is 88.4 Å². The van der Waals surface area contributed by atoms with Crippen LogP contribution in [-0.2, 0) is 0 Å². The molecule has 164 valence electrons. The van der Waals surface area contributed by atoms with Crippen LogP contribution in [0, 0.1) is 0 Å². The van der Waals surface area contributed by atoms with E-state index in [2.05, 4.69) is 13.8 Å². The van der Waals surface area contributed by atoms with Crippen LogP contribution in [0.3, 0.4) is 0 Å². The molecule has 1 aromatic rings. The highest BCUT2D eigenvalue weighted by Crippen LogP contribution is 2.40. The van der Waals surface area contributed by atoms with Crippen molar-refractivity contribution in [2.24, 2.45) is 4.99 Å². The fraction of sp³-hybridized carbons (Fsp3) is 0.760. The van der Waals surface area contributed by atoms with Gasteiger partial charge in [-0.25, -0.2) is 4.99 Å². The van der Waals surface area contributed by atoms with Gasteiger partial charge in [0.2, 0.25) is 0 Å². The predicted octanol–water partition coefficient (Wildman–Crippen LogP) is 8.68. The molecule has 2 rings (SSSR count). The molecular formula is C25H41NO2S. The van der Waals surface area contributed by atoms with E-state index in [9.17, 15) is 4.79 Å². The second kappa shape index (κ2) is 14.8. The average Bonchev–Trinajstić information content (AvgIpc) is 3.13. The number of nitrogens with zero attached hydrogens (tertiary/aromatic N) is 1. The molecule has 0 unspecified atom stereocenters. The summed E-state index contributed by atoms with van der Waals surface area (Å²) in [6, 6.07) is 1.91. The Morgan fingerprint density at radius 3 is 2.10 bits per heavy atom. The van der Waals surface area contributed by atoms with Crippen LogP contribution in [0.2, 0.25) is 0 Å². The summed E-state index contributed by atoms with van der Waals surface area (Å²) < 4.78 is 5.92. The number of rotatable bonds is 17. The molecule has 0 amide bonds. The lowest BCUT2D eigenvalue weighted by atomic mass is 10.00. The van der Waals surface area contributed by atoms with Gasteiger partial charge in [-0.1, -0.05) is 102 Å². The SMILES string of the molecule is CCCCCCCCCCOc1cc2c(s1)N=C(CCCCCCCC)CC2=O. The summed E-state index contributed by atoms with van der Waals surface area (Å²) in [5, 5.41) is 1.73. The van der Waals surface area contributed by atoms with Crippen molar-refractivity contribution >= 4 is 27.8 Å². The largest absolute Gasteiger partial charge is 0.484 e. The van der Waals surface area contributed by atoms with Crippen LogP contribution >= 0.6 is 11.3 Å². The van der Waals surface area contributed by atoms with Crippen molar-refractivity contribution in [1.82, 2.24) is 0 Å². The lowest BCUT2D eigenvalue weighted by Crippen LogP contribution is -2.11. The van der Waals surface area contributed by atoms with Crippen LogP contribution in [0.1, 0.15) is 127 Å². The van der Waals surface area contributed by atoms with Gasteiger partial charge in [0.05, 0.1) is 12.2 Å². The molecule has 3 nitrogen and oxygen atoms in total. The van der Waals surface area contributed by atoms with Crippen molar-refractivity contribution in [3.8, 4) is 5.06 Å². The number of unbranched alkanes of at least 4 members (excludes halogenated alkanes) is 12. The standard InChI is InChI=1S/C25H41NO2S/c1-3-5-7-9-11-12-14-16-18-28-24-20-22-23(27)19-21(26-25(22)29-24)17-15-13-10-8-6-4-2/h20H,3-19H2,1-2H3. The van der Waals surface area contributed by atoms with Crippen LogP contribution in [0.5, 0.6) is 5.06 Å². The quantitative estimate of drug-likeness (QED) is 0.237. The third kappa shape index (κ3) is 9.46. The summed E-state index contributed by atoms with van der Waals surface area (Å²) in [4.78, 5) is 17.3. The molecule has 29 heavy (non-hydrogen) atoms. The minimum atomic E-state index is 0.217. The van der Waals surface area contributed by atoms with Gasteiger partial charge in [-0.15, -0.1) is 0 Å². The predicted molar refractivity (Wildman–Crippen MR) is 126 cm³/mol. The molecular weight excluding hydrogens is 378 g/mol. The Labute approximate surface area is 182 Å². The number of carbonyl (C=O) groups excluding carboxylic acids is 1. The first-order valence-electron chi connectivity index (χ1n) is 12.1. The first-order chi connectivity index (χ1) is 14.2. The number of hydrogen-bond acceptors (Lipinski definition) is 4. The Morgan fingerprint density at radius 2 is 1.45 bits per heavy atom. The van der Waals surface area contributed by atoms with Crippen LogP contribution < -0.4 is 4.74 Å². The topological polar surface area (TPSA) is 38.7 Å². The van der Waals surface area contributed by atoms with Crippen LogP contribution in [0.25, 0.3) is 0 Å². The summed E-state index contributed by atoms with van der Waals surface area (Å²) in [6.07, 6.45) is 19.5. The minimum Gasteiger partial charge on any atom is -0.484 e. The summed E-state index contributed by atoms with van der Waals surface area (Å²) in [5.74, 6) is 0.217. The van der Waals surface area contributed by atoms with E-state index in [-0.39, 0.29) is 5.78 Å². The van der Waals surface area contributed by atoms with E-state index in [0.29, 0.717) is 6.42 Å². The lowest BCUT2D eigenvalue weighted by Gasteiger charge is -2.10. The first kappa shape index (κ1) is 24.1. The fourth-order valence-electron chi connectivity index (χ4n) is 3.84. The second-order valence-electron chi connectivity index (χ2n) is 8.40. The van der Waals surface area contributed by atoms with Crippen molar-refractivity contribution in [3.63, 3.8) is 0 Å². The van der Waals surface area contributed by atoms with Gasteiger partial charge in [-0.3, -0.25) is 4.79 Å². The zero-order valence-corrected chi connectivity index (χ0v) is 19.6. The Hall–Kier alpha value is -1.16. The molecule has 4 heteroatoms. The molecule has 0 radical (unpaired) electrons. The van der Waals surface area contributed by atoms with E-state index in [1.54, 1.807) is 0 Å². The van der Waals surface area contributed by atoms with E-state index < -0.39 is 0 Å². The Balaban J connectivity index is 1.66. The first-order valence-corrected chi connectivity index (χ1v) is 12.9. The minimum absolute atomic E-state index is 0.217. The van der Waals surface area contributed by atoms with Crippen LogP contribution in [0.15, 0.2) is 11.1 Å². The Morgan fingerprint density at radius 1 is 0.862 bits per heavy atom. The van der Waals surface area contributed by atoms with Gasteiger partial charge in [-0.2, -0.15) is 0 Å². The number of thiophene rings is 1. The normalized spacial score (nSPS) is 13.4. The third-order valence-corrected chi connectivity index (χ3v) is 6.62. The fourth-order valence-corrected chi connectivity index (χ4v) is 4.81. The van der Waals surface area contributed by atoms with Crippen molar-refractivity contribution in [2.45, 2.75) is 117 Å². The molecule has 0 saturated carbocycles. The molecule has 0 N–H and O–H groups in total. The highest BCUT2D eigenvalue weighted by molar-refractivity contribution is 7.18. The van der Waals surface area contributed by atoms with Gasteiger partial charge in [0.15, 0.2) is 10.8 Å². The number of aliphatic imine (C=N–C) groups is 1. The molecule has 0 bridgehead atoms. The molecule has 0 fully saturated rings. The molecule has 1 aliphatic heterocycles. The summed E-state index contributed by atoms with van der Waals surface area (Å²) >= 11 is 1.54. The van der Waals surface area contributed by atoms with Crippen molar-refractivity contribution in [3.05, 3.63) is 11.6 Å². The maximum absolute atomic E-state index is 12.5. The lowest BCUT2D eigenvalue weighted by molar-refractivity contribution is 0.0999. The number of ether oxygens (including phenoxy) is 1. The van der Waals surface area contributed by atoms with Crippen LogP contribution in [0.4, 0.5) is 5.00 Å². The number of ketones is 1. The highest BCUT2D eigenvalue weighted by Gasteiger charge is 2.23. The van der Waals surface area contributed by atoms with E-state index >= 15 is 0 Å². The van der Waals surface area contributed by atoms with E-state index in [4.69, 9.17) is 9.73 Å². The zero-order valence-electron chi connectivity index (χ0n) is 18.8. The molecule has 1 aromatic heterocycles. The molecule has 0 aromatic carbocycles. The highest BCUT2D eigenvalue weighted by atomic mass is 32.1. The summed E-state index contributed by atoms with van der Waals surface area (Å²) in [5.41, 5.74) is 1.84. The van der Waals surface area contributed by atoms with Gasteiger partial charge < -0.3 is 4.74 Å². The number of Topliss-reactive ketones (excluding diaryl/α,β-unsaturated/α-hetero) is 1. The van der Waals surface area contributed by atoms with E-state index in [0.717, 1.165) is 47.2 Å². The monoisotopic (exact) mass is 419 g/mol. The molecule has 0 atom stereocenters. The molecule has 0 saturated heterocycles. The Bertz CT molecular complexity index is 620.